The van der Waals surface area contributed by atoms with E-state index in [2.05, 4.69) is 9.97 Å². The Hall–Kier alpha value is -1.49. The lowest BCUT2D eigenvalue weighted by molar-refractivity contribution is -0.137. The molecule has 0 radical (unpaired) electrons. The number of carboxylic acids is 1. The molecule has 0 saturated heterocycles. The Balaban J connectivity index is 2.14. The number of fused-ring (bicyclic) bond motifs is 1. The zero-order valence-electron chi connectivity index (χ0n) is 9.90. The molecule has 0 unspecified atom stereocenters. The molecule has 2 heterocycles. The Morgan fingerprint density at radius 2 is 2.29 bits per heavy atom. The van der Waals surface area contributed by atoms with Crippen molar-refractivity contribution >= 4 is 5.97 Å². The van der Waals surface area contributed by atoms with Crippen molar-refractivity contribution in [3.05, 3.63) is 22.8 Å². The van der Waals surface area contributed by atoms with Gasteiger partial charge < -0.3 is 9.84 Å². The van der Waals surface area contributed by atoms with Crippen LogP contribution in [0.25, 0.3) is 0 Å². The maximum atomic E-state index is 10.5. The lowest BCUT2D eigenvalue weighted by Crippen LogP contribution is -2.17. The third-order valence-electron chi connectivity index (χ3n) is 2.82. The molecule has 0 aliphatic carbocycles. The fourth-order valence-electron chi connectivity index (χ4n) is 2.05. The topological polar surface area (TPSA) is 72.3 Å². The van der Waals surface area contributed by atoms with Gasteiger partial charge in [-0.2, -0.15) is 0 Å². The fourth-order valence-corrected chi connectivity index (χ4v) is 2.05. The lowest BCUT2D eigenvalue weighted by atomic mass is 10.0. The number of carbonyl (C=O) groups is 1. The quantitative estimate of drug-likeness (QED) is 0.852. The molecule has 2 rings (SSSR count). The summed E-state index contributed by atoms with van der Waals surface area (Å²) >= 11 is 0. The van der Waals surface area contributed by atoms with Gasteiger partial charge in [-0.25, -0.2) is 9.97 Å². The molecule has 0 amide bonds. The number of ether oxygens (including phenoxy) is 1. The number of rotatable bonds is 4. The zero-order chi connectivity index (χ0) is 12.3. The summed E-state index contributed by atoms with van der Waals surface area (Å²) < 4.78 is 5.41. The van der Waals surface area contributed by atoms with Crippen LogP contribution in [-0.2, 0) is 29.0 Å². The molecule has 0 saturated carbocycles. The lowest BCUT2D eigenvalue weighted by Gasteiger charge is -2.18. The Morgan fingerprint density at radius 1 is 1.47 bits per heavy atom. The van der Waals surface area contributed by atoms with Crippen LogP contribution in [-0.4, -0.2) is 27.7 Å². The van der Waals surface area contributed by atoms with Crippen LogP contribution >= 0.6 is 0 Å². The van der Waals surface area contributed by atoms with E-state index in [0.29, 0.717) is 26.1 Å². The summed E-state index contributed by atoms with van der Waals surface area (Å²) in [6, 6.07) is 0. The van der Waals surface area contributed by atoms with Crippen molar-refractivity contribution in [2.24, 2.45) is 0 Å². The van der Waals surface area contributed by atoms with E-state index in [0.717, 1.165) is 29.2 Å². The summed E-state index contributed by atoms with van der Waals surface area (Å²) in [6.45, 7) is 3.13. The highest BCUT2D eigenvalue weighted by Crippen LogP contribution is 2.19. The Morgan fingerprint density at radius 3 is 3.06 bits per heavy atom. The molecule has 5 nitrogen and oxygen atoms in total. The van der Waals surface area contributed by atoms with Crippen LogP contribution in [0.5, 0.6) is 0 Å². The van der Waals surface area contributed by atoms with Gasteiger partial charge in [-0.1, -0.05) is 0 Å². The van der Waals surface area contributed by atoms with Gasteiger partial charge in [-0.3, -0.25) is 4.79 Å². The monoisotopic (exact) mass is 236 g/mol. The van der Waals surface area contributed by atoms with Crippen molar-refractivity contribution in [2.45, 2.75) is 39.2 Å². The molecule has 92 valence electrons. The average molecular weight is 236 g/mol. The maximum Gasteiger partial charge on any atom is 0.303 e. The van der Waals surface area contributed by atoms with E-state index in [1.54, 1.807) is 0 Å². The third-order valence-corrected chi connectivity index (χ3v) is 2.82. The van der Waals surface area contributed by atoms with Crippen LogP contribution in [0.1, 0.15) is 35.6 Å². The zero-order valence-corrected chi connectivity index (χ0v) is 9.90. The fraction of sp³-hybridized carbons (Fsp3) is 0.583. The van der Waals surface area contributed by atoms with Crippen LogP contribution < -0.4 is 0 Å². The van der Waals surface area contributed by atoms with Gasteiger partial charge in [0.1, 0.15) is 5.82 Å². The molecule has 5 heteroatoms. The summed E-state index contributed by atoms with van der Waals surface area (Å²) in [7, 11) is 0. The summed E-state index contributed by atoms with van der Waals surface area (Å²) in [6.07, 6.45) is 2.29. The predicted octanol–water partition coefficient (Wildman–Crippen LogP) is 1.27. The number of hydrogen-bond acceptors (Lipinski definition) is 4. The first-order valence-electron chi connectivity index (χ1n) is 5.81. The summed E-state index contributed by atoms with van der Waals surface area (Å²) in [4.78, 5) is 19.3. The van der Waals surface area contributed by atoms with E-state index in [1.165, 1.54) is 0 Å². The van der Waals surface area contributed by atoms with E-state index in [1.807, 2.05) is 6.92 Å². The van der Waals surface area contributed by atoms with E-state index < -0.39 is 5.97 Å². The highest BCUT2D eigenvalue weighted by atomic mass is 16.5. The average Bonchev–Trinajstić information content (AvgIpc) is 2.28. The number of nitrogens with zero attached hydrogens (tertiary/aromatic N) is 2. The normalized spacial score (nSPS) is 14.4. The molecule has 1 aliphatic heterocycles. The van der Waals surface area contributed by atoms with Gasteiger partial charge in [0.2, 0.25) is 0 Å². The Kier molecular flexibility index (Phi) is 3.68. The molecule has 1 aromatic rings. The summed E-state index contributed by atoms with van der Waals surface area (Å²) in [5.41, 5.74) is 3.08. The minimum absolute atomic E-state index is 0.179. The van der Waals surface area contributed by atoms with Gasteiger partial charge in [0, 0.05) is 24.1 Å². The molecule has 0 fully saturated rings. The summed E-state index contributed by atoms with van der Waals surface area (Å²) in [5, 5.41) is 8.63. The van der Waals surface area contributed by atoms with Gasteiger partial charge in [0.15, 0.2) is 0 Å². The van der Waals surface area contributed by atoms with Crippen LogP contribution in [0.2, 0.25) is 0 Å². The molecule has 0 aromatic carbocycles. The van der Waals surface area contributed by atoms with Gasteiger partial charge in [0.25, 0.3) is 0 Å². The summed E-state index contributed by atoms with van der Waals surface area (Å²) in [5.74, 6) is -0.00290. The third kappa shape index (κ3) is 3.00. The SMILES string of the molecule is Cc1nc(CCCC(=O)O)c2c(n1)CCOC2. The molecule has 1 aliphatic rings. The highest BCUT2D eigenvalue weighted by molar-refractivity contribution is 5.66. The largest absolute Gasteiger partial charge is 0.481 e. The Labute approximate surface area is 99.9 Å². The second-order valence-corrected chi connectivity index (χ2v) is 4.19. The van der Waals surface area contributed by atoms with E-state index >= 15 is 0 Å². The maximum absolute atomic E-state index is 10.5. The van der Waals surface area contributed by atoms with Crippen LogP contribution in [0.4, 0.5) is 0 Å². The van der Waals surface area contributed by atoms with Crippen LogP contribution in [0.3, 0.4) is 0 Å². The van der Waals surface area contributed by atoms with Gasteiger partial charge in [-0.15, -0.1) is 0 Å². The van der Waals surface area contributed by atoms with Gasteiger partial charge in [-0.05, 0) is 19.8 Å². The molecule has 1 N–H and O–H groups in total. The molecule has 17 heavy (non-hydrogen) atoms. The van der Waals surface area contributed by atoms with Crippen LogP contribution in [0.15, 0.2) is 0 Å². The van der Waals surface area contributed by atoms with E-state index in [4.69, 9.17) is 9.84 Å². The van der Waals surface area contributed by atoms with E-state index in [-0.39, 0.29) is 6.42 Å². The number of aliphatic carboxylic acids is 1. The second-order valence-electron chi connectivity index (χ2n) is 4.19. The molecule has 0 bridgehead atoms. The molecule has 0 atom stereocenters. The first-order chi connectivity index (χ1) is 8.16. The minimum Gasteiger partial charge on any atom is -0.481 e. The Bertz CT molecular complexity index is 432. The van der Waals surface area contributed by atoms with Gasteiger partial charge >= 0.3 is 5.97 Å². The number of hydrogen-bond donors (Lipinski definition) is 1. The molecule has 0 spiro atoms. The predicted molar refractivity (Wildman–Crippen MR) is 60.7 cm³/mol. The highest BCUT2D eigenvalue weighted by Gasteiger charge is 2.17. The van der Waals surface area contributed by atoms with Crippen molar-refractivity contribution in [1.29, 1.82) is 0 Å². The van der Waals surface area contributed by atoms with Crippen molar-refractivity contribution in [3.63, 3.8) is 0 Å². The molecular weight excluding hydrogens is 220 g/mol. The van der Waals surface area contributed by atoms with Crippen molar-refractivity contribution in [2.75, 3.05) is 6.61 Å². The molecular formula is C12H16N2O3. The smallest absolute Gasteiger partial charge is 0.303 e. The standard InChI is InChI=1S/C12H16N2O3/c1-8-13-10(3-2-4-12(15)16)9-7-17-6-5-11(9)14-8/h2-7H2,1H3,(H,15,16). The van der Waals surface area contributed by atoms with Crippen molar-refractivity contribution in [1.82, 2.24) is 9.97 Å². The number of carboxylic acid groups (broad SMARTS) is 1. The van der Waals surface area contributed by atoms with Crippen molar-refractivity contribution < 1.29 is 14.6 Å². The van der Waals surface area contributed by atoms with E-state index in [9.17, 15) is 4.79 Å². The first kappa shape index (κ1) is 12.0. The van der Waals surface area contributed by atoms with Gasteiger partial charge in [0.05, 0.1) is 18.9 Å². The number of aryl methyl sites for hydroxylation is 2. The second kappa shape index (κ2) is 5.23. The number of aromatic nitrogens is 2. The minimum atomic E-state index is -0.763. The van der Waals surface area contributed by atoms with Crippen LogP contribution in [0, 0.1) is 6.92 Å². The molecule has 1 aromatic heterocycles. The first-order valence-corrected chi connectivity index (χ1v) is 5.81. The van der Waals surface area contributed by atoms with Crippen molar-refractivity contribution in [3.8, 4) is 0 Å².